The fourth-order valence-corrected chi connectivity index (χ4v) is 4.89. The van der Waals surface area contributed by atoms with E-state index >= 15 is 0 Å². The Balaban J connectivity index is 1.10. The predicted octanol–water partition coefficient (Wildman–Crippen LogP) is 7.11. The van der Waals surface area contributed by atoms with Crippen LogP contribution in [0.15, 0.2) is 48.5 Å². The zero-order valence-electron chi connectivity index (χ0n) is 23.3. The predicted molar refractivity (Wildman–Crippen MR) is 153 cm³/mol. The van der Waals surface area contributed by atoms with Gasteiger partial charge < -0.3 is 24.3 Å². The van der Waals surface area contributed by atoms with E-state index in [0.29, 0.717) is 46.2 Å². The van der Waals surface area contributed by atoms with E-state index in [1.807, 2.05) is 24.3 Å². The maximum atomic E-state index is 12.2. The van der Waals surface area contributed by atoms with Crippen molar-refractivity contribution in [3.63, 3.8) is 0 Å². The number of fused-ring (bicyclic) bond motifs is 3. The standard InChI is InChI=1S/C32H47NO5/c1-2-3-4-5-6-7-8-13-20-35-22-24-37-25-23-36-21-14-19-33-32(34)38-26-31-29-17-11-9-15-27(29)28-16-10-12-18-30(28)31/h9-12,15-18,31H,2-8,13-14,19-26H2,1H3,(H,33,34). The maximum Gasteiger partial charge on any atom is 0.407 e. The number of ether oxygens (including phenoxy) is 4. The first-order valence-corrected chi connectivity index (χ1v) is 14.6. The first kappa shape index (κ1) is 30.1. The molecule has 3 rings (SSSR count). The fourth-order valence-electron chi connectivity index (χ4n) is 4.89. The van der Waals surface area contributed by atoms with Crippen LogP contribution in [0.5, 0.6) is 0 Å². The van der Waals surface area contributed by atoms with Crippen LogP contribution < -0.4 is 5.32 Å². The van der Waals surface area contributed by atoms with E-state index in [4.69, 9.17) is 18.9 Å². The first-order chi connectivity index (χ1) is 18.8. The van der Waals surface area contributed by atoms with Gasteiger partial charge in [-0.25, -0.2) is 4.79 Å². The zero-order valence-corrected chi connectivity index (χ0v) is 23.3. The highest BCUT2D eigenvalue weighted by Crippen LogP contribution is 2.44. The molecule has 0 bridgehead atoms. The Morgan fingerprint density at radius 2 is 1.16 bits per heavy atom. The molecule has 0 radical (unpaired) electrons. The van der Waals surface area contributed by atoms with Gasteiger partial charge >= 0.3 is 6.09 Å². The lowest BCUT2D eigenvalue weighted by Gasteiger charge is -2.14. The van der Waals surface area contributed by atoms with E-state index in [2.05, 4.69) is 36.5 Å². The quantitative estimate of drug-likeness (QED) is 0.176. The second kappa shape index (κ2) is 18.8. The van der Waals surface area contributed by atoms with Gasteiger partial charge in [0, 0.05) is 25.7 Å². The summed E-state index contributed by atoms with van der Waals surface area (Å²) >= 11 is 0. The third kappa shape index (κ3) is 10.8. The van der Waals surface area contributed by atoms with Crippen molar-refractivity contribution in [1.82, 2.24) is 5.32 Å². The number of benzene rings is 2. The van der Waals surface area contributed by atoms with Crippen molar-refractivity contribution in [3.8, 4) is 11.1 Å². The van der Waals surface area contributed by atoms with Crippen molar-refractivity contribution in [2.24, 2.45) is 0 Å². The van der Waals surface area contributed by atoms with Crippen LogP contribution in [-0.2, 0) is 18.9 Å². The molecule has 0 saturated heterocycles. The number of rotatable bonds is 21. The van der Waals surface area contributed by atoms with Crippen molar-refractivity contribution >= 4 is 6.09 Å². The molecule has 1 amide bonds. The minimum absolute atomic E-state index is 0.0759. The number of carbonyl (C=O) groups is 1. The topological polar surface area (TPSA) is 66.0 Å². The number of amides is 1. The lowest BCUT2D eigenvalue weighted by atomic mass is 9.98. The summed E-state index contributed by atoms with van der Waals surface area (Å²) in [7, 11) is 0. The largest absolute Gasteiger partial charge is 0.449 e. The lowest BCUT2D eigenvalue weighted by Crippen LogP contribution is -2.27. The van der Waals surface area contributed by atoms with Gasteiger partial charge in [-0.1, -0.05) is 100 Å². The van der Waals surface area contributed by atoms with Gasteiger partial charge in [-0.05, 0) is 35.1 Å². The number of nitrogens with one attached hydrogen (secondary N) is 1. The molecule has 0 fully saturated rings. The Morgan fingerprint density at radius 3 is 1.76 bits per heavy atom. The number of hydrogen-bond acceptors (Lipinski definition) is 5. The van der Waals surface area contributed by atoms with Gasteiger partial charge in [-0.2, -0.15) is 0 Å². The Morgan fingerprint density at radius 1 is 0.658 bits per heavy atom. The second-order valence-electron chi connectivity index (χ2n) is 9.92. The van der Waals surface area contributed by atoms with E-state index in [1.54, 1.807) is 0 Å². The highest BCUT2D eigenvalue weighted by Gasteiger charge is 2.28. The normalized spacial score (nSPS) is 12.3. The van der Waals surface area contributed by atoms with Crippen LogP contribution in [0, 0.1) is 0 Å². The van der Waals surface area contributed by atoms with Crippen molar-refractivity contribution < 1.29 is 23.7 Å². The van der Waals surface area contributed by atoms with E-state index in [-0.39, 0.29) is 12.0 Å². The van der Waals surface area contributed by atoms with Gasteiger partial charge in [0.15, 0.2) is 0 Å². The summed E-state index contributed by atoms with van der Waals surface area (Å²) in [5.74, 6) is 0.0759. The molecular weight excluding hydrogens is 478 g/mol. The molecule has 1 N–H and O–H groups in total. The molecule has 0 heterocycles. The first-order valence-electron chi connectivity index (χ1n) is 14.6. The number of carbonyl (C=O) groups excluding carboxylic acids is 1. The summed E-state index contributed by atoms with van der Waals surface area (Å²) in [4.78, 5) is 12.2. The maximum absolute atomic E-state index is 12.2. The summed E-state index contributed by atoms with van der Waals surface area (Å²) in [5.41, 5.74) is 4.88. The van der Waals surface area contributed by atoms with Crippen LogP contribution >= 0.6 is 0 Å². The molecule has 0 unspecified atom stereocenters. The third-order valence-electron chi connectivity index (χ3n) is 6.96. The van der Waals surface area contributed by atoms with E-state index in [0.717, 1.165) is 19.4 Å². The van der Waals surface area contributed by atoms with Crippen LogP contribution in [0.3, 0.4) is 0 Å². The van der Waals surface area contributed by atoms with Crippen molar-refractivity contribution in [1.29, 1.82) is 0 Å². The summed E-state index contributed by atoms with van der Waals surface area (Å²) in [6.07, 6.45) is 10.9. The average molecular weight is 526 g/mol. The molecule has 1 aliphatic rings. The van der Waals surface area contributed by atoms with Gasteiger partial charge in [0.1, 0.15) is 6.61 Å². The molecule has 2 aromatic carbocycles. The fraction of sp³-hybridized carbons (Fsp3) is 0.594. The molecule has 1 aliphatic carbocycles. The molecule has 0 saturated carbocycles. The van der Waals surface area contributed by atoms with E-state index < -0.39 is 0 Å². The molecule has 0 spiro atoms. The highest BCUT2D eigenvalue weighted by atomic mass is 16.6. The Hall–Kier alpha value is -2.41. The van der Waals surface area contributed by atoms with Crippen LogP contribution in [-0.4, -0.2) is 58.9 Å². The third-order valence-corrected chi connectivity index (χ3v) is 6.96. The number of unbranched alkanes of at least 4 members (excludes halogenated alkanes) is 7. The SMILES string of the molecule is CCCCCCCCCCOCCOCCOCCCNC(=O)OCC1c2ccccc2-c2ccccc21. The molecule has 2 aromatic rings. The van der Waals surface area contributed by atoms with Crippen molar-refractivity contribution in [2.75, 3.05) is 52.8 Å². The van der Waals surface area contributed by atoms with Crippen molar-refractivity contribution in [2.45, 2.75) is 70.6 Å². The van der Waals surface area contributed by atoms with E-state index in [1.165, 1.54) is 67.2 Å². The van der Waals surface area contributed by atoms with Gasteiger partial charge in [0.2, 0.25) is 0 Å². The molecule has 210 valence electrons. The van der Waals surface area contributed by atoms with Crippen molar-refractivity contribution in [3.05, 3.63) is 59.7 Å². The smallest absolute Gasteiger partial charge is 0.407 e. The molecule has 0 aromatic heterocycles. The van der Waals surface area contributed by atoms with Gasteiger partial charge in [0.25, 0.3) is 0 Å². The monoisotopic (exact) mass is 525 g/mol. The molecule has 6 nitrogen and oxygen atoms in total. The van der Waals surface area contributed by atoms with Gasteiger partial charge in [-0.3, -0.25) is 0 Å². The lowest BCUT2D eigenvalue weighted by molar-refractivity contribution is 0.0135. The molecule has 0 aliphatic heterocycles. The Kier molecular flexibility index (Phi) is 14.9. The second-order valence-corrected chi connectivity index (χ2v) is 9.92. The summed E-state index contributed by atoms with van der Waals surface area (Å²) < 4.78 is 22.3. The van der Waals surface area contributed by atoms with E-state index in [9.17, 15) is 4.79 Å². The Labute approximate surface area is 229 Å². The average Bonchev–Trinajstić information content (AvgIpc) is 3.27. The summed E-state index contributed by atoms with van der Waals surface area (Å²) in [6.45, 7) is 6.84. The number of alkyl carbamates (subject to hydrolysis) is 1. The summed E-state index contributed by atoms with van der Waals surface area (Å²) in [5, 5.41) is 2.82. The molecule has 38 heavy (non-hydrogen) atoms. The minimum atomic E-state index is -0.387. The van der Waals surface area contributed by atoms with Gasteiger partial charge in [0.05, 0.1) is 26.4 Å². The number of hydrogen-bond donors (Lipinski definition) is 1. The van der Waals surface area contributed by atoms with Crippen LogP contribution in [0.1, 0.15) is 81.8 Å². The van der Waals surface area contributed by atoms with Crippen LogP contribution in [0.2, 0.25) is 0 Å². The minimum Gasteiger partial charge on any atom is -0.449 e. The van der Waals surface area contributed by atoms with Crippen LogP contribution in [0.25, 0.3) is 11.1 Å². The molecule has 0 atom stereocenters. The zero-order chi connectivity index (χ0) is 26.7. The Bertz CT molecular complexity index is 873. The summed E-state index contributed by atoms with van der Waals surface area (Å²) in [6, 6.07) is 16.7. The molecular formula is C32H47NO5. The molecule has 6 heteroatoms. The van der Waals surface area contributed by atoms with Crippen LogP contribution in [0.4, 0.5) is 4.79 Å². The van der Waals surface area contributed by atoms with Gasteiger partial charge in [-0.15, -0.1) is 0 Å². The highest BCUT2D eigenvalue weighted by molar-refractivity contribution is 5.79.